The zero-order valence-electron chi connectivity index (χ0n) is 11.1. The molecule has 0 atom stereocenters. The molecule has 0 N–H and O–H groups in total. The molecular formula is C16H18O2. The molecule has 0 bridgehead atoms. The van der Waals surface area contributed by atoms with Gasteiger partial charge in [-0.2, -0.15) is 0 Å². The van der Waals surface area contributed by atoms with Gasteiger partial charge >= 0.3 is 5.97 Å². The number of aryl methyl sites for hydroxylation is 1. The highest BCUT2D eigenvalue weighted by molar-refractivity contribution is 5.85. The number of carbonyl (C=O) groups excluding carboxylic acids is 1. The van der Waals surface area contributed by atoms with Gasteiger partial charge in [-0.15, -0.1) is 0 Å². The van der Waals surface area contributed by atoms with Crippen LogP contribution >= 0.6 is 0 Å². The predicted molar refractivity (Wildman–Crippen MR) is 73.8 cm³/mol. The van der Waals surface area contributed by atoms with E-state index in [1.807, 2.05) is 32.0 Å². The average molecular weight is 242 g/mol. The standard InChI is InChI=1S/C16H18O2/c1-4-12-5-6-13-7-8-15(10-14(13)9-12)18-16(17)11(2)3/h5-11H,4H2,1-3H3. The normalized spacial score (nSPS) is 10.9. The van der Waals surface area contributed by atoms with Gasteiger partial charge in [-0.3, -0.25) is 4.79 Å². The molecule has 0 heterocycles. The summed E-state index contributed by atoms with van der Waals surface area (Å²) in [6.07, 6.45) is 1.01. The van der Waals surface area contributed by atoms with Crippen LogP contribution in [0.15, 0.2) is 36.4 Å². The van der Waals surface area contributed by atoms with E-state index in [-0.39, 0.29) is 11.9 Å². The fraction of sp³-hybridized carbons (Fsp3) is 0.312. The molecule has 2 heteroatoms. The second-order valence-corrected chi connectivity index (χ2v) is 4.77. The van der Waals surface area contributed by atoms with Gasteiger partial charge in [0.15, 0.2) is 0 Å². The van der Waals surface area contributed by atoms with Crippen LogP contribution in [0.3, 0.4) is 0 Å². The minimum Gasteiger partial charge on any atom is -0.426 e. The topological polar surface area (TPSA) is 26.3 Å². The fourth-order valence-electron chi connectivity index (χ4n) is 1.79. The van der Waals surface area contributed by atoms with Crippen molar-refractivity contribution in [1.82, 2.24) is 0 Å². The van der Waals surface area contributed by atoms with E-state index in [9.17, 15) is 4.79 Å². The van der Waals surface area contributed by atoms with Crippen LogP contribution in [-0.2, 0) is 11.2 Å². The van der Waals surface area contributed by atoms with E-state index < -0.39 is 0 Å². The molecule has 0 unspecified atom stereocenters. The lowest BCUT2D eigenvalue weighted by Gasteiger charge is -2.08. The summed E-state index contributed by atoms with van der Waals surface area (Å²) in [5, 5.41) is 2.28. The monoisotopic (exact) mass is 242 g/mol. The highest BCUT2D eigenvalue weighted by Crippen LogP contribution is 2.23. The molecule has 0 aromatic heterocycles. The number of carbonyl (C=O) groups is 1. The zero-order chi connectivity index (χ0) is 13.1. The highest BCUT2D eigenvalue weighted by Gasteiger charge is 2.09. The van der Waals surface area contributed by atoms with Crippen molar-refractivity contribution in [2.24, 2.45) is 5.92 Å². The quantitative estimate of drug-likeness (QED) is 0.601. The third-order valence-electron chi connectivity index (χ3n) is 2.97. The Balaban J connectivity index is 2.33. The molecule has 0 fully saturated rings. The van der Waals surface area contributed by atoms with Crippen LogP contribution in [0.1, 0.15) is 26.3 Å². The van der Waals surface area contributed by atoms with E-state index in [2.05, 4.69) is 25.1 Å². The van der Waals surface area contributed by atoms with Crippen LogP contribution in [0.25, 0.3) is 10.8 Å². The molecule has 2 rings (SSSR count). The van der Waals surface area contributed by atoms with E-state index in [0.717, 1.165) is 17.2 Å². The average Bonchev–Trinajstić information content (AvgIpc) is 2.37. The highest BCUT2D eigenvalue weighted by atomic mass is 16.5. The van der Waals surface area contributed by atoms with Crippen molar-refractivity contribution in [2.45, 2.75) is 27.2 Å². The van der Waals surface area contributed by atoms with Crippen LogP contribution in [0.4, 0.5) is 0 Å². The lowest BCUT2D eigenvalue weighted by molar-refractivity contribution is -0.137. The molecule has 94 valence electrons. The summed E-state index contributed by atoms with van der Waals surface area (Å²) in [5.41, 5.74) is 1.29. The smallest absolute Gasteiger partial charge is 0.313 e. The summed E-state index contributed by atoms with van der Waals surface area (Å²) in [6.45, 7) is 5.79. The molecule has 2 aromatic rings. The van der Waals surface area contributed by atoms with Crippen molar-refractivity contribution in [2.75, 3.05) is 0 Å². The SMILES string of the molecule is CCc1ccc2ccc(OC(=O)C(C)C)cc2c1. The number of ether oxygens (including phenoxy) is 1. The van der Waals surface area contributed by atoms with Gasteiger partial charge < -0.3 is 4.74 Å². The van der Waals surface area contributed by atoms with Crippen molar-refractivity contribution in [3.63, 3.8) is 0 Å². The summed E-state index contributed by atoms with van der Waals surface area (Å²) in [6, 6.07) is 12.1. The number of rotatable bonds is 3. The van der Waals surface area contributed by atoms with Crippen molar-refractivity contribution in [3.05, 3.63) is 42.0 Å². The fourth-order valence-corrected chi connectivity index (χ4v) is 1.79. The van der Waals surface area contributed by atoms with Crippen LogP contribution < -0.4 is 4.74 Å². The number of fused-ring (bicyclic) bond motifs is 1. The maximum Gasteiger partial charge on any atom is 0.313 e. The molecule has 0 spiro atoms. The van der Waals surface area contributed by atoms with Crippen LogP contribution in [0.5, 0.6) is 5.75 Å². The third kappa shape index (κ3) is 2.70. The lowest BCUT2D eigenvalue weighted by Crippen LogP contribution is -2.14. The maximum absolute atomic E-state index is 11.5. The number of esters is 1. The van der Waals surface area contributed by atoms with E-state index in [1.165, 1.54) is 5.56 Å². The third-order valence-corrected chi connectivity index (χ3v) is 2.97. The Morgan fingerprint density at radius 1 is 1.11 bits per heavy atom. The number of hydrogen-bond acceptors (Lipinski definition) is 2. The zero-order valence-corrected chi connectivity index (χ0v) is 11.1. The molecular weight excluding hydrogens is 224 g/mol. The minimum atomic E-state index is -0.194. The molecule has 0 aliphatic heterocycles. The first-order chi connectivity index (χ1) is 8.60. The summed E-state index contributed by atoms with van der Waals surface area (Å²) in [7, 11) is 0. The number of hydrogen-bond donors (Lipinski definition) is 0. The molecule has 0 saturated heterocycles. The molecule has 2 nitrogen and oxygen atoms in total. The van der Waals surface area contributed by atoms with E-state index in [1.54, 1.807) is 0 Å². The summed E-state index contributed by atoms with van der Waals surface area (Å²) < 4.78 is 5.32. The van der Waals surface area contributed by atoms with Gasteiger partial charge in [0.05, 0.1) is 5.92 Å². The Hall–Kier alpha value is -1.83. The first kappa shape index (κ1) is 12.6. The molecule has 0 aliphatic rings. The second kappa shape index (κ2) is 5.21. The number of benzene rings is 2. The van der Waals surface area contributed by atoms with Gasteiger partial charge in [0.1, 0.15) is 5.75 Å². The van der Waals surface area contributed by atoms with Crippen molar-refractivity contribution < 1.29 is 9.53 Å². The molecule has 2 aromatic carbocycles. The minimum absolute atomic E-state index is 0.109. The Morgan fingerprint density at radius 2 is 1.83 bits per heavy atom. The largest absolute Gasteiger partial charge is 0.426 e. The van der Waals surface area contributed by atoms with Gasteiger partial charge in [0, 0.05) is 0 Å². The summed E-state index contributed by atoms with van der Waals surface area (Å²) >= 11 is 0. The van der Waals surface area contributed by atoms with Gasteiger partial charge in [-0.05, 0) is 34.9 Å². The predicted octanol–water partition coefficient (Wildman–Crippen LogP) is 3.96. The Bertz CT molecular complexity index is 570. The first-order valence-corrected chi connectivity index (χ1v) is 6.34. The van der Waals surface area contributed by atoms with Crippen LogP contribution in [0.2, 0.25) is 0 Å². The maximum atomic E-state index is 11.5. The van der Waals surface area contributed by atoms with E-state index in [0.29, 0.717) is 5.75 Å². The Labute approximate surface area is 108 Å². The van der Waals surface area contributed by atoms with Gasteiger partial charge in [-0.1, -0.05) is 45.0 Å². The molecule has 0 aliphatic carbocycles. The van der Waals surface area contributed by atoms with E-state index in [4.69, 9.17) is 4.74 Å². The molecule has 0 amide bonds. The molecule has 0 saturated carbocycles. The molecule has 18 heavy (non-hydrogen) atoms. The van der Waals surface area contributed by atoms with Crippen LogP contribution in [0, 0.1) is 5.92 Å². The molecule has 0 radical (unpaired) electrons. The summed E-state index contributed by atoms with van der Waals surface area (Å²) in [5.74, 6) is 0.318. The van der Waals surface area contributed by atoms with Crippen LogP contribution in [-0.4, -0.2) is 5.97 Å². The van der Waals surface area contributed by atoms with E-state index >= 15 is 0 Å². The second-order valence-electron chi connectivity index (χ2n) is 4.77. The lowest BCUT2D eigenvalue weighted by atomic mass is 10.1. The first-order valence-electron chi connectivity index (χ1n) is 6.34. The van der Waals surface area contributed by atoms with Crippen molar-refractivity contribution in [3.8, 4) is 5.75 Å². The van der Waals surface area contributed by atoms with Crippen molar-refractivity contribution >= 4 is 16.7 Å². The van der Waals surface area contributed by atoms with Gasteiger partial charge in [-0.25, -0.2) is 0 Å². The van der Waals surface area contributed by atoms with Gasteiger partial charge in [0.25, 0.3) is 0 Å². The Morgan fingerprint density at radius 3 is 2.50 bits per heavy atom. The van der Waals surface area contributed by atoms with Crippen molar-refractivity contribution in [1.29, 1.82) is 0 Å². The Kier molecular flexibility index (Phi) is 3.66. The summed E-state index contributed by atoms with van der Waals surface area (Å²) in [4.78, 5) is 11.5. The van der Waals surface area contributed by atoms with Gasteiger partial charge in [0.2, 0.25) is 0 Å².